The minimum atomic E-state index is 0.312. The number of fused-ring (bicyclic) bond motifs is 1. The van der Waals surface area contributed by atoms with E-state index in [-0.39, 0.29) is 0 Å². The van der Waals surface area contributed by atoms with Crippen LogP contribution < -0.4 is 5.32 Å². The standard InChI is InChI=1S/C19H27NO/c1-13-8-7-9-14-12-16(21-18(13)14)17(20-4)15-10-5-6-11-19(15,2)3/h7-9,12,15,17,20H,5-6,10-11H2,1-4H3. The van der Waals surface area contributed by atoms with Crippen LogP contribution >= 0.6 is 0 Å². The van der Waals surface area contributed by atoms with Crippen molar-refractivity contribution in [2.45, 2.75) is 52.5 Å². The molecule has 2 unspecified atom stereocenters. The minimum absolute atomic E-state index is 0.312. The van der Waals surface area contributed by atoms with Crippen LogP contribution in [0.25, 0.3) is 11.0 Å². The molecule has 2 heteroatoms. The summed E-state index contributed by atoms with van der Waals surface area (Å²) in [6.45, 7) is 6.94. The molecule has 1 heterocycles. The van der Waals surface area contributed by atoms with Crippen molar-refractivity contribution in [1.29, 1.82) is 0 Å². The van der Waals surface area contributed by atoms with Crippen molar-refractivity contribution in [3.63, 3.8) is 0 Å². The van der Waals surface area contributed by atoms with Crippen molar-refractivity contribution in [3.8, 4) is 0 Å². The Morgan fingerprint density at radius 2 is 2.10 bits per heavy atom. The quantitative estimate of drug-likeness (QED) is 0.836. The molecule has 1 aliphatic rings. The monoisotopic (exact) mass is 285 g/mol. The number of para-hydroxylation sites is 1. The Labute approximate surface area is 127 Å². The zero-order valence-electron chi connectivity index (χ0n) is 13.7. The summed E-state index contributed by atoms with van der Waals surface area (Å²) in [4.78, 5) is 0. The predicted octanol–water partition coefficient (Wildman–Crippen LogP) is 5.22. The van der Waals surface area contributed by atoms with Gasteiger partial charge in [-0.1, -0.05) is 44.9 Å². The molecule has 1 N–H and O–H groups in total. The lowest BCUT2D eigenvalue weighted by molar-refractivity contribution is 0.0932. The fourth-order valence-corrected chi connectivity index (χ4v) is 4.06. The lowest BCUT2D eigenvalue weighted by Gasteiger charge is -2.42. The van der Waals surface area contributed by atoms with Crippen LogP contribution in [0.3, 0.4) is 0 Å². The van der Waals surface area contributed by atoms with Crippen LogP contribution in [0.15, 0.2) is 28.7 Å². The molecule has 21 heavy (non-hydrogen) atoms. The SMILES string of the molecule is CNC(c1cc2cccc(C)c2o1)C1CCCCC1(C)C. The second-order valence-electron chi connectivity index (χ2n) is 7.25. The maximum Gasteiger partial charge on any atom is 0.137 e. The largest absolute Gasteiger partial charge is 0.459 e. The van der Waals surface area contributed by atoms with Crippen LogP contribution in [0.4, 0.5) is 0 Å². The molecule has 0 spiro atoms. The number of hydrogen-bond donors (Lipinski definition) is 1. The molecule has 3 rings (SSSR count). The third-order valence-electron chi connectivity index (χ3n) is 5.37. The molecule has 0 saturated heterocycles. The van der Waals surface area contributed by atoms with Gasteiger partial charge in [0.25, 0.3) is 0 Å². The Hall–Kier alpha value is -1.28. The molecule has 1 saturated carbocycles. The van der Waals surface area contributed by atoms with Crippen molar-refractivity contribution in [2.24, 2.45) is 11.3 Å². The van der Waals surface area contributed by atoms with Crippen LogP contribution in [0.2, 0.25) is 0 Å². The lowest BCUT2D eigenvalue weighted by atomic mass is 9.65. The highest BCUT2D eigenvalue weighted by Gasteiger charge is 2.38. The maximum atomic E-state index is 6.24. The van der Waals surface area contributed by atoms with Gasteiger partial charge < -0.3 is 9.73 Å². The third kappa shape index (κ3) is 2.62. The molecular weight excluding hydrogens is 258 g/mol. The van der Waals surface area contributed by atoms with Crippen molar-refractivity contribution >= 4 is 11.0 Å². The van der Waals surface area contributed by atoms with E-state index in [1.54, 1.807) is 0 Å². The highest BCUT2D eigenvalue weighted by Crippen LogP contribution is 2.47. The summed E-state index contributed by atoms with van der Waals surface area (Å²) in [5.74, 6) is 1.74. The zero-order valence-corrected chi connectivity index (χ0v) is 13.7. The van der Waals surface area contributed by atoms with E-state index in [4.69, 9.17) is 4.42 Å². The third-order valence-corrected chi connectivity index (χ3v) is 5.37. The van der Waals surface area contributed by atoms with Gasteiger partial charge in [-0.25, -0.2) is 0 Å². The Morgan fingerprint density at radius 3 is 2.76 bits per heavy atom. The number of furan rings is 1. The summed E-state index contributed by atoms with van der Waals surface area (Å²) >= 11 is 0. The molecule has 0 amide bonds. The van der Waals surface area contributed by atoms with E-state index in [1.807, 2.05) is 0 Å². The summed E-state index contributed by atoms with van der Waals surface area (Å²) in [6.07, 6.45) is 5.30. The van der Waals surface area contributed by atoms with E-state index in [0.717, 1.165) is 11.3 Å². The molecule has 1 aromatic carbocycles. The molecule has 2 atom stereocenters. The molecule has 2 aromatic rings. The number of rotatable bonds is 3. The number of benzene rings is 1. The average Bonchev–Trinajstić information content (AvgIpc) is 2.86. The minimum Gasteiger partial charge on any atom is -0.459 e. The van der Waals surface area contributed by atoms with Gasteiger partial charge in [0, 0.05) is 5.39 Å². The summed E-state index contributed by atoms with van der Waals surface area (Å²) in [5, 5.41) is 4.75. The summed E-state index contributed by atoms with van der Waals surface area (Å²) in [7, 11) is 2.06. The van der Waals surface area contributed by atoms with Gasteiger partial charge in [-0.05, 0) is 49.8 Å². The van der Waals surface area contributed by atoms with Crippen LogP contribution in [0.5, 0.6) is 0 Å². The average molecular weight is 285 g/mol. The Kier molecular flexibility index (Phi) is 3.83. The highest BCUT2D eigenvalue weighted by molar-refractivity contribution is 5.81. The van der Waals surface area contributed by atoms with E-state index in [1.165, 1.54) is 36.6 Å². The number of nitrogens with one attached hydrogen (secondary N) is 1. The first kappa shape index (κ1) is 14.6. The van der Waals surface area contributed by atoms with Crippen LogP contribution in [-0.2, 0) is 0 Å². The van der Waals surface area contributed by atoms with E-state index in [0.29, 0.717) is 17.4 Å². The molecule has 2 nitrogen and oxygen atoms in total. The van der Waals surface area contributed by atoms with Crippen LogP contribution in [0.1, 0.15) is 56.9 Å². The Bertz CT molecular complexity index is 626. The van der Waals surface area contributed by atoms with Crippen LogP contribution in [-0.4, -0.2) is 7.05 Å². The van der Waals surface area contributed by atoms with Gasteiger partial charge in [0.1, 0.15) is 11.3 Å². The van der Waals surface area contributed by atoms with Crippen molar-refractivity contribution < 1.29 is 4.42 Å². The molecule has 114 valence electrons. The van der Waals surface area contributed by atoms with Gasteiger partial charge in [-0.3, -0.25) is 0 Å². The predicted molar refractivity (Wildman–Crippen MR) is 88.5 cm³/mol. The van der Waals surface area contributed by atoms with E-state index in [9.17, 15) is 0 Å². The molecule has 1 aromatic heterocycles. The van der Waals surface area contributed by atoms with Gasteiger partial charge in [0.05, 0.1) is 6.04 Å². The van der Waals surface area contributed by atoms with Gasteiger partial charge in [-0.15, -0.1) is 0 Å². The van der Waals surface area contributed by atoms with Gasteiger partial charge in [-0.2, -0.15) is 0 Å². The summed E-state index contributed by atoms with van der Waals surface area (Å²) < 4.78 is 6.24. The fraction of sp³-hybridized carbons (Fsp3) is 0.579. The first-order valence-corrected chi connectivity index (χ1v) is 8.19. The van der Waals surface area contributed by atoms with Gasteiger partial charge in [0.2, 0.25) is 0 Å². The molecule has 1 aliphatic carbocycles. The van der Waals surface area contributed by atoms with Crippen molar-refractivity contribution in [3.05, 3.63) is 35.6 Å². The molecule has 0 aliphatic heterocycles. The highest BCUT2D eigenvalue weighted by atomic mass is 16.3. The number of aryl methyl sites for hydroxylation is 1. The normalized spacial score (nSPS) is 23.3. The van der Waals surface area contributed by atoms with E-state index >= 15 is 0 Å². The molecular formula is C19H27NO. The van der Waals surface area contributed by atoms with Gasteiger partial charge >= 0.3 is 0 Å². The second-order valence-corrected chi connectivity index (χ2v) is 7.25. The summed E-state index contributed by atoms with van der Waals surface area (Å²) in [5.41, 5.74) is 2.64. The molecule has 1 fully saturated rings. The smallest absolute Gasteiger partial charge is 0.137 e. The topological polar surface area (TPSA) is 25.2 Å². The number of hydrogen-bond acceptors (Lipinski definition) is 2. The Balaban J connectivity index is 1.99. The first-order chi connectivity index (χ1) is 10.0. The first-order valence-electron chi connectivity index (χ1n) is 8.19. The molecule has 0 radical (unpaired) electrons. The summed E-state index contributed by atoms with van der Waals surface area (Å²) in [6, 6.07) is 8.92. The lowest BCUT2D eigenvalue weighted by Crippen LogP contribution is -2.37. The zero-order chi connectivity index (χ0) is 15.0. The fourth-order valence-electron chi connectivity index (χ4n) is 4.06. The van der Waals surface area contributed by atoms with Crippen LogP contribution in [0, 0.1) is 18.3 Å². The van der Waals surface area contributed by atoms with E-state index < -0.39 is 0 Å². The van der Waals surface area contributed by atoms with Gasteiger partial charge in [0.15, 0.2) is 0 Å². The van der Waals surface area contributed by atoms with E-state index in [2.05, 4.69) is 57.4 Å². The maximum absolute atomic E-state index is 6.24. The second kappa shape index (κ2) is 5.49. The molecule has 0 bridgehead atoms. The van der Waals surface area contributed by atoms with Crippen molar-refractivity contribution in [2.75, 3.05) is 7.05 Å². The Morgan fingerprint density at radius 1 is 1.29 bits per heavy atom. The van der Waals surface area contributed by atoms with Crippen molar-refractivity contribution in [1.82, 2.24) is 5.32 Å².